The van der Waals surface area contributed by atoms with Crippen LogP contribution in [-0.2, 0) is 6.54 Å². The SMILES string of the molecule is COc1ccc2c(c1)c(C=C1Oc3cc[c]cc3C1=O)cn2CCN1CCN(C)CC1. The number of nitrogens with zero attached hydrogens (tertiary/aromatic N) is 3. The summed E-state index contributed by atoms with van der Waals surface area (Å²) < 4.78 is 13.6. The molecule has 0 bridgehead atoms. The smallest absolute Gasteiger partial charge is 0.231 e. The molecule has 3 heterocycles. The van der Waals surface area contributed by atoms with E-state index in [9.17, 15) is 4.79 Å². The Labute approximate surface area is 182 Å². The van der Waals surface area contributed by atoms with Crippen LogP contribution in [0.15, 0.2) is 48.4 Å². The van der Waals surface area contributed by atoms with E-state index in [4.69, 9.17) is 9.47 Å². The van der Waals surface area contributed by atoms with Gasteiger partial charge in [-0.3, -0.25) is 9.69 Å². The highest BCUT2D eigenvalue weighted by molar-refractivity contribution is 6.15. The molecule has 1 saturated heterocycles. The zero-order chi connectivity index (χ0) is 21.4. The molecule has 2 aliphatic heterocycles. The van der Waals surface area contributed by atoms with Crippen LogP contribution in [0.5, 0.6) is 11.5 Å². The van der Waals surface area contributed by atoms with Gasteiger partial charge in [-0.25, -0.2) is 0 Å². The van der Waals surface area contributed by atoms with Crippen LogP contribution in [-0.4, -0.2) is 67.0 Å². The highest BCUT2D eigenvalue weighted by atomic mass is 16.5. The number of piperazine rings is 1. The molecule has 6 heteroatoms. The van der Waals surface area contributed by atoms with Crippen molar-refractivity contribution in [1.82, 2.24) is 14.4 Å². The molecule has 159 valence electrons. The fourth-order valence-electron chi connectivity index (χ4n) is 4.27. The van der Waals surface area contributed by atoms with Gasteiger partial charge >= 0.3 is 0 Å². The number of likely N-dealkylation sites (N-methyl/N-ethyl adjacent to an activating group) is 1. The Bertz CT molecular complexity index is 1160. The van der Waals surface area contributed by atoms with E-state index in [0.29, 0.717) is 17.1 Å². The van der Waals surface area contributed by atoms with Gasteiger partial charge in [0.05, 0.1) is 12.7 Å². The lowest BCUT2D eigenvalue weighted by molar-refractivity contribution is 0.101. The first kappa shape index (κ1) is 19.8. The van der Waals surface area contributed by atoms with E-state index in [-0.39, 0.29) is 5.78 Å². The molecular weight excluding hydrogens is 390 g/mol. The lowest BCUT2D eigenvalue weighted by atomic mass is 10.1. The van der Waals surface area contributed by atoms with Gasteiger partial charge in [-0.15, -0.1) is 0 Å². The normalized spacial score (nSPS) is 18.5. The van der Waals surface area contributed by atoms with Crippen LogP contribution >= 0.6 is 0 Å². The van der Waals surface area contributed by atoms with Crippen molar-refractivity contribution >= 4 is 22.8 Å². The first-order valence-corrected chi connectivity index (χ1v) is 10.6. The number of allylic oxidation sites excluding steroid dienone is 1. The minimum atomic E-state index is -0.104. The van der Waals surface area contributed by atoms with E-state index >= 15 is 0 Å². The lowest BCUT2D eigenvalue weighted by Crippen LogP contribution is -2.45. The molecule has 2 aromatic carbocycles. The largest absolute Gasteiger partial charge is 0.497 e. The Kier molecular flexibility index (Phi) is 5.26. The maximum absolute atomic E-state index is 12.8. The predicted molar refractivity (Wildman–Crippen MR) is 121 cm³/mol. The average molecular weight is 417 g/mol. The first-order valence-electron chi connectivity index (χ1n) is 10.6. The molecule has 2 aliphatic rings. The number of hydrogen-bond donors (Lipinski definition) is 0. The van der Waals surface area contributed by atoms with Crippen LogP contribution in [0.25, 0.3) is 17.0 Å². The summed E-state index contributed by atoms with van der Waals surface area (Å²) in [5.41, 5.74) is 2.63. The van der Waals surface area contributed by atoms with Gasteiger partial charge in [0.15, 0.2) is 5.76 Å². The van der Waals surface area contributed by atoms with E-state index < -0.39 is 0 Å². The molecule has 5 rings (SSSR count). The van der Waals surface area contributed by atoms with Gasteiger partial charge in [0, 0.05) is 61.9 Å². The summed E-state index contributed by atoms with van der Waals surface area (Å²) in [6, 6.07) is 14.2. The molecule has 0 aliphatic carbocycles. The summed E-state index contributed by atoms with van der Waals surface area (Å²) >= 11 is 0. The summed E-state index contributed by atoms with van der Waals surface area (Å²) in [6.45, 7) is 6.29. The number of carbonyl (C=O) groups is 1. The summed E-state index contributed by atoms with van der Waals surface area (Å²) in [6.07, 6.45) is 3.95. The molecule has 0 atom stereocenters. The fraction of sp³-hybridized carbons (Fsp3) is 0.320. The van der Waals surface area contributed by atoms with Gasteiger partial charge in [-0.1, -0.05) is 6.07 Å². The Balaban J connectivity index is 1.46. The van der Waals surface area contributed by atoms with Crippen molar-refractivity contribution in [2.45, 2.75) is 6.54 Å². The number of Topliss-reactive ketones (excluding diaryl/α,β-unsaturated/α-hetero) is 1. The van der Waals surface area contributed by atoms with Gasteiger partial charge in [-0.2, -0.15) is 0 Å². The molecule has 3 aromatic rings. The predicted octanol–water partition coefficient (Wildman–Crippen LogP) is 3.31. The summed E-state index contributed by atoms with van der Waals surface area (Å²) in [7, 11) is 3.84. The monoisotopic (exact) mass is 416 g/mol. The standard InChI is InChI=1S/C25H26N3O3/c1-26-9-11-27(12-10-26)13-14-28-17-18(21-16-19(30-2)7-8-22(21)28)15-24-25(29)20-5-3-4-6-23(20)31-24/h4-8,15-17H,9-14H2,1-2H3. The Morgan fingerprint density at radius 1 is 1.16 bits per heavy atom. The van der Waals surface area contributed by atoms with E-state index in [1.54, 1.807) is 25.3 Å². The molecule has 0 saturated carbocycles. The van der Waals surface area contributed by atoms with Crippen LogP contribution in [0.4, 0.5) is 0 Å². The Morgan fingerprint density at radius 2 is 2.00 bits per heavy atom. The van der Waals surface area contributed by atoms with E-state index in [1.807, 2.05) is 18.2 Å². The topological polar surface area (TPSA) is 46.9 Å². The van der Waals surface area contributed by atoms with Crippen molar-refractivity contribution in [3.63, 3.8) is 0 Å². The number of carbonyl (C=O) groups excluding carboxylic acids is 1. The molecule has 1 radical (unpaired) electrons. The van der Waals surface area contributed by atoms with Gasteiger partial charge in [0.2, 0.25) is 5.78 Å². The molecule has 0 amide bonds. The number of methoxy groups -OCH3 is 1. The molecule has 1 aromatic heterocycles. The maximum Gasteiger partial charge on any atom is 0.231 e. The fourth-order valence-corrected chi connectivity index (χ4v) is 4.27. The van der Waals surface area contributed by atoms with Crippen molar-refractivity contribution in [3.8, 4) is 11.5 Å². The molecule has 1 fully saturated rings. The number of ketones is 1. The van der Waals surface area contributed by atoms with Crippen molar-refractivity contribution < 1.29 is 14.3 Å². The van der Waals surface area contributed by atoms with Crippen molar-refractivity contribution in [2.75, 3.05) is 46.9 Å². The van der Waals surface area contributed by atoms with Crippen LogP contribution < -0.4 is 9.47 Å². The third kappa shape index (κ3) is 3.84. The van der Waals surface area contributed by atoms with Crippen LogP contribution in [0.3, 0.4) is 0 Å². The number of hydrogen-bond acceptors (Lipinski definition) is 5. The summed E-state index contributed by atoms with van der Waals surface area (Å²) in [5, 5.41) is 1.05. The second kappa shape index (κ2) is 8.21. The van der Waals surface area contributed by atoms with Gasteiger partial charge in [0.1, 0.15) is 11.5 Å². The highest BCUT2D eigenvalue weighted by Crippen LogP contribution is 2.33. The molecular formula is C25H26N3O3. The summed E-state index contributed by atoms with van der Waals surface area (Å²) in [5.74, 6) is 1.62. The van der Waals surface area contributed by atoms with Crippen LogP contribution in [0, 0.1) is 6.07 Å². The summed E-state index contributed by atoms with van der Waals surface area (Å²) in [4.78, 5) is 17.6. The average Bonchev–Trinajstić information content (AvgIpc) is 3.30. The Hall–Kier alpha value is -3.09. The van der Waals surface area contributed by atoms with Crippen LogP contribution in [0.1, 0.15) is 15.9 Å². The van der Waals surface area contributed by atoms with Gasteiger partial charge < -0.3 is 18.9 Å². The number of benzene rings is 2. The molecule has 0 unspecified atom stereocenters. The van der Waals surface area contributed by atoms with Crippen molar-refractivity contribution in [3.05, 3.63) is 65.5 Å². The number of ether oxygens (including phenoxy) is 2. The number of aromatic nitrogens is 1. The third-order valence-corrected chi connectivity index (χ3v) is 6.17. The lowest BCUT2D eigenvalue weighted by Gasteiger charge is -2.32. The van der Waals surface area contributed by atoms with Crippen LogP contribution in [0.2, 0.25) is 0 Å². The van der Waals surface area contributed by atoms with E-state index in [1.165, 1.54) is 0 Å². The van der Waals surface area contributed by atoms with Crippen molar-refractivity contribution in [2.24, 2.45) is 0 Å². The quantitative estimate of drug-likeness (QED) is 0.597. The maximum atomic E-state index is 12.8. The molecule has 31 heavy (non-hydrogen) atoms. The molecule has 0 N–H and O–H groups in total. The first-order chi connectivity index (χ1) is 15.1. The molecule has 0 spiro atoms. The Morgan fingerprint density at radius 3 is 2.77 bits per heavy atom. The van der Waals surface area contributed by atoms with Gasteiger partial charge in [0.25, 0.3) is 0 Å². The molecule has 6 nitrogen and oxygen atoms in total. The minimum Gasteiger partial charge on any atom is -0.497 e. The zero-order valence-corrected chi connectivity index (χ0v) is 17.9. The minimum absolute atomic E-state index is 0.104. The second-order valence-electron chi connectivity index (χ2n) is 8.17. The van der Waals surface area contributed by atoms with E-state index in [0.717, 1.165) is 61.5 Å². The number of rotatable bonds is 5. The van der Waals surface area contributed by atoms with Gasteiger partial charge in [-0.05, 0) is 49.5 Å². The van der Waals surface area contributed by atoms with Crippen molar-refractivity contribution in [1.29, 1.82) is 0 Å². The second-order valence-corrected chi connectivity index (χ2v) is 8.17. The number of fused-ring (bicyclic) bond motifs is 2. The zero-order valence-electron chi connectivity index (χ0n) is 17.9. The van der Waals surface area contributed by atoms with E-state index in [2.05, 4.69) is 39.7 Å². The third-order valence-electron chi connectivity index (χ3n) is 6.17. The highest BCUT2D eigenvalue weighted by Gasteiger charge is 2.27.